The summed E-state index contributed by atoms with van der Waals surface area (Å²) < 4.78 is 10.7. The van der Waals surface area contributed by atoms with E-state index in [0.717, 1.165) is 35.7 Å². The highest BCUT2D eigenvalue weighted by molar-refractivity contribution is 7.14. The van der Waals surface area contributed by atoms with Crippen molar-refractivity contribution in [1.82, 2.24) is 9.88 Å². The number of ether oxygens (including phenoxy) is 2. The van der Waals surface area contributed by atoms with E-state index in [0.29, 0.717) is 17.4 Å². The van der Waals surface area contributed by atoms with Crippen LogP contribution >= 0.6 is 11.3 Å². The van der Waals surface area contributed by atoms with E-state index in [4.69, 9.17) is 9.47 Å². The van der Waals surface area contributed by atoms with E-state index < -0.39 is 0 Å². The van der Waals surface area contributed by atoms with E-state index in [1.807, 2.05) is 47.9 Å². The van der Waals surface area contributed by atoms with Gasteiger partial charge < -0.3 is 9.47 Å². The zero-order valence-corrected chi connectivity index (χ0v) is 17.7. The number of rotatable bonds is 7. The predicted octanol–water partition coefficient (Wildman–Crippen LogP) is 4.21. The second-order valence-electron chi connectivity index (χ2n) is 6.94. The molecule has 6 nitrogen and oxygen atoms in total. The molecular weight excluding hydrogens is 398 g/mol. The Bertz CT molecular complexity index is 1060. The van der Waals surface area contributed by atoms with Gasteiger partial charge in [0.15, 0.2) is 5.13 Å². The van der Waals surface area contributed by atoms with Crippen LogP contribution in [0, 0.1) is 0 Å². The van der Waals surface area contributed by atoms with Gasteiger partial charge in [-0.2, -0.15) is 0 Å². The van der Waals surface area contributed by atoms with Gasteiger partial charge in [-0.05, 0) is 23.8 Å². The van der Waals surface area contributed by atoms with Crippen molar-refractivity contribution < 1.29 is 14.3 Å². The number of anilines is 1. The van der Waals surface area contributed by atoms with Crippen LogP contribution in [0.5, 0.6) is 11.5 Å². The summed E-state index contributed by atoms with van der Waals surface area (Å²) in [5, 5.41) is 5.38. The quantitative estimate of drug-likeness (QED) is 0.619. The lowest BCUT2D eigenvalue weighted by atomic mass is 10.1. The fraction of sp³-hybridized carbons (Fsp3) is 0.217. The molecule has 2 aromatic carbocycles. The number of carbonyl (C=O) groups excluding carboxylic acids is 1. The highest BCUT2D eigenvalue weighted by Crippen LogP contribution is 2.35. The number of hydrogen-bond donors (Lipinski definition) is 1. The molecule has 30 heavy (non-hydrogen) atoms. The van der Waals surface area contributed by atoms with Crippen molar-refractivity contribution in [1.29, 1.82) is 0 Å². The molecule has 0 spiro atoms. The summed E-state index contributed by atoms with van der Waals surface area (Å²) in [5.41, 5.74) is 3.56. The normalized spacial score (nSPS) is 13.7. The fourth-order valence-electron chi connectivity index (χ4n) is 3.38. The average molecular weight is 422 g/mol. The Balaban J connectivity index is 1.40. The van der Waals surface area contributed by atoms with Crippen LogP contribution in [-0.4, -0.2) is 43.1 Å². The van der Waals surface area contributed by atoms with Gasteiger partial charge in [0.2, 0.25) is 0 Å². The molecule has 1 aliphatic rings. The van der Waals surface area contributed by atoms with Crippen LogP contribution in [0.25, 0.3) is 11.3 Å². The van der Waals surface area contributed by atoms with E-state index >= 15 is 0 Å². The highest BCUT2D eigenvalue weighted by atomic mass is 32.1. The number of benzene rings is 2. The Hall–Kier alpha value is -3.16. The van der Waals surface area contributed by atoms with E-state index in [2.05, 4.69) is 27.3 Å². The Labute approximate surface area is 179 Å². The summed E-state index contributed by atoms with van der Waals surface area (Å²) in [5.74, 6) is 1.32. The molecule has 3 aromatic rings. The second-order valence-corrected chi connectivity index (χ2v) is 7.80. The first kappa shape index (κ1) is 20.1. The molecule has 0 unspecified atom stereocenters. The maximum absolute atomic E-state index is 12.7. The molecule has 0 fully saturated rings. The molecule has 0 saturated carbocycles. The van der Waals surface area contributed by atoms with Gasteiger partial charge in [0, 0.05) is 36.2 Å². The van der Waals surface area contributed by atoms with Gasteiger partial charge in [0.05, 0.1) is 19.9 Å². The van der Waals surface area contributed by atoms with Gasteiger partial charge in [-0.1, -0.05) is 36.4 Å². The predicted molar refractivity (Wildman–Crippen MR) is 119 cm³/mol. The van der Waals surface area contributed by atoms with E-state index in [9.17, 15) is 4.79 Å². The van der Waals surface area contributed by atoms with Crippen LogP contribution in [0.4, 0.5) is 5.13 Å². The number of nitrogens with zero attached hydrogens (tertiary/aromatic N) is 2. The van der Waals surface area contributed by atoms with Crippen LogP contribution in [0.3, 0.4) is 0 Å². The topological polar surface area (TPSA) is 63.7 Å². The molecule has 0 bridgehead atoms. The number of methoxy groups -OCH3 is 2. The van der Waals surface area contributed by atoms with Crippen LogP contribution in [0.2, 0.25) is 0 Å². The van der Waals surface area contributed by atoms with Gasteiger partial charge in [-0.15, -0.1) is 11.3 Å². The van der Waals surface area contributed by atoms with Crippen LogP contribution in [0.1, 0.15) is 5.56 Å². The van der Waals surface area contributed by atoms with Crippen molar-refractivity contribution in [3.63, 3.8) is 0 Å². The number of amides is 1. The molecule has 1 aromatic heterocycles. The Morgan fingerprint density at radius 3 is 2.77 bits per heavy atom. The first-order valence-corrected chi connectivity index (χ1v) is 10.5. The van der Waals surface area contributed by atoms with Gasteiger partial charge in [-0.25, -0.2) is 4.98 Å². The summed E-state index contributed by atoms with van der Waals surface area (Å²) >= 11 is 1.39. The van der Waals surface area contributed by atoms with Crippen molar-refractivity contribution in [2.45, 2.75) is 6.54 Å². The standard InChI is InChI=1S/C23H23N3O3S/c1-28-18-8-9-21(29-2)19(12-18)20-15-30-23(24-20)25-22(27)17-10-11-26(14-17)13-16-6-4-3-5-7-16/h3-10,12,15H,11,13-14H2,1-2H3,(H,24,25,27). The second kappa shape index (κ2) is 9.11. The molecule has 154 valence electrons. The van der Waals surface area contributed by atoms with Crippen LogP contribution in [-0.2, 0) is 11.3 Å². The Morgan fingerprint density at radius 2 is 2.00 bits per heavy atom. The maximum Gasteiger partial charge on any atom is 0.254 e. The summed E-state index contributed by atoms with van der Waals surface area (Å²) in [4.78, 5) is 19.5. The summed E-state index contributed by atoms with van der Waals surface area (Å²) in [6.07, 6.45) is 1.98. The first-order chi connectivity index (χ1) is 14.7. The minimum atomic E-state index is -0.107. The van der Waals surface area contributed by atoms with E-state index in [1.165, 1.54) is 16.9 Å². The lowest BCUT2D eigenvalue weighted by Crippen LogP contribution is -2.23. The summed E-state index contributed by atoms with van der Waals surface area (Å²) in [7, 11) is 3.24. The van der Waals surface area contributed by atoms with E-state index in [-0.39, 0.29) is 5.91 Å². The smallest absolute Gasteiger partial charge is 0.254 e. The third kappa shape index (κ3) is 4.53. The van der Waals surface area contributed by atoms with Gasteiger partial charge in [0.25, 0.3) is 5.91 Å². The molecular formula is C23H23N3O3S. The van der Waals surface area contributed by atoms with Gasteiger partial charge in [0.1, 0.15) is 11.5 Å². The van der Waals surface area contributed by atoms with E-state index in [1.54, 1.807) is 14.2 Å². The van der Waals surface area contributed by atoms with Crippen LogP contribution in [0.15, 0.2) is 65.6 Å². The van der Waals surface area contributed by atoms with Crippen molar-refractivity contribution in [3.8, 4) is 22.8 Å². The number of aromatic nitrogens is 1. The lowest BCUT2D eigenvalue weighted by Gasteiger charge is -2.15. The third-order valence-electron chi connectivity index (χ3n) is 4.94. The number of hydrogen-bond acceptors (Lipinski definition) is 6. The molecule has 4 rings (SSSR count). The molecule has 1 aliphatic heterocycles. The molecule has 0 saturated heterocycles. The van der Waals surface area contributed by atoms with Gasteiger partial charge in [-0.3, -0.25) is 15.0 Å². The fourth-order valence-corrected chi connectivity index (χ4v) is 4.09. The molecule has 7 heteroatoms. The molecule has 0 radical (unpaired) electrons. The minimum Gasteiger partial charge on any atom is -0.497 e. The lowest BCUT2D eigenvalue weighted by molar-refractivity contribution is -0.113. The zero-order valence-electron chi connectivity index (χ0n) is 16.9. The molecule has 1 N–H and O–H groups in total. The molecule has 2 heterocycles. The largest absolute Gasteiger partial charge is 0.497 e. The maximum atomic E-state index is 12.7. The van der Waals surface area contributed by atoms with Gasteiger partial charge >= 0.3 is 0 Å². The SMILES string of the molecule is COc1ccc(OC)c(-c2csc(NC(=O)C3=CCN(Cc4ccccc4)C3)n2)c1. The molecule has 1 amide bonds. The average Bonchev–Trinajstić information content (AvgIpc) is 3.44. The Kier molecular flexibility index (Phi) is 6.11. The van der Waals surface area contributed by atoms with Crippen molar-refractivity contribution in [2.24, 2.45) is 0 Å². The minimum absolute atomic E-state index is 0.107. The first-order valence-electron chi connectivity index (χ1n) is 9.61. The van der Waals surface area contributed by atoms with Crippen molar-refractivity contribution >= 4 is 22.4 Å². The van der Waals surface area contributed by atoms with Crippen molar-refractivity contribution in [2.75, 3.05) is 32.6 Å². The molecule has 0 atom stereocenters. The number of nitrogens with one attached hydrogen (secondary N) is 1. The summed E-state index contributed by atoms with van der Waals surface area (Å²) in [6, 6.07) is 15.8. The Morgan fingerprint density at radius 1 is 1.17 bits per heavy atom. The third-order valence-corrected chi connectivity index (χ3v) is 5.70. The summed E-state index contributed by atoms with van der Waals surface area (Å²) in [6.45, 7) is 2.22. The zero-order chi connectivity index (χ0) is 20.9. The highest BCUT2D eigenvalue weighted by Gasteiger charge is 2.21. The number of carbonyl (C=O) groups is 1. The van der Waals surface area contributed by atoms with Crippen molar-refractivity contribution in [3.05, 3.63) is 71.1 Å². The van der Waals surface area contributed by atoms with Crippen LogP contribution < -0.4 is 14.8 Å². The monoisotopic (exact) mass is 421 g/mol. The molecule has 0 aliphatic carbocycles. The number of thiazole rings is 1.